The van der Waals surface area contributed by atoms with Crippen molar-refractivity contribution >= 4 is 0 Å². The van der Waals surface area contributed by atoms with E-state index in [2.05, 4.69) is 26.8 Å². The van der Waals surface area contributed by atoms with E-state index in [-0.39, 0.29) is 5.60 Å². The second-order valence-corrected chi connectivity index (χ2v) is 9.81. The zero-order valence-electron chi connectivity index (χ0n) is 15.5. The van der Waals surface area contributed by atoms with E-state index < -0.39 is 0 Å². The highest BCUT2D eigenvalue weighted by Gasteiger charge is 2.55. The number of hydrogen-bond acceptors (Lipinski definition) is 1. The quantitative estimate of drug-likeness (QED) is 0.613. The minimum Gasteiger partial charge on any atom is -0.390 e. The molecule has 1 N–H and O–H groups in total. The van der Waals surface area contributed by atoms with E-state index in [9.17, 15) is 5.11 Å². The van der Waals surface area contributed by atoms with Crippen molar-refractivity contribution in [1.82, 2.24) is 0 Å². The zero-order chi connectivity index (χ0) is 16.2. The molecule has 0 saturated heterocycles. The topological polar surface area (TPSA) is 20.2 Å². The molecule has 0 spiro atoms. The molecule has 1 heteroatoms. The SMILES string of the molecule is CCC=C1CC[C@H]2[C@@H]3CC[C@@H]4C[C@](C)(O)CC[C@@H]4[C@H]3CC[C@]12C. The van der Waals surface area contributed by atoms with Crippen LogP contribution in [-0.4, -0.2) is 10.7 Å². The standard InChI is InChI=1S/C22H36O/c1-4-5-16-7-9-20-19-8-6-15-14-21(2,23)12-10-17(15)18(19)11-13-22(16,20)3/h5,15,17-20,23H,4,6-14H2,1-3H3/t15-,17+,18-,19-,20+,21-,22-/m1/s1. The van der Waals surface area contributed by atoms with E-state index in [1.807, 2.05) is 0 Å². The highest BCUT2D eigenvalue weighted by molar-refractivity contribution is 5.23. The maximum absolute atomic E-state index is 10.5. The lowest BCUT2D eigenvalue weighted by molar-refractivity contribution is -0.0899. The van der Waals surface area contributed by atoms with Gasteiger partial charge in [0.2, 0.25) is 0 Å². The van der Waals surface area contributed by atoms with Crippen LogP contribution < -0.4 is 0 Å². The van der Waals surface area contributed by atoms with Crippen molar-refractivity contribution in [2.75, 3.05) is 0 Å². The Morgan fingerprint density at radius 3 is 2.57 bits per heavy atom. The van der Waals surface area contributed by atoms with Crippen molar-refractivity contribution in [3.05, 3.63) is 11.6 Å². The third-order valence-electron chi connectivity index (χ3n) is 8.54. The van der Waals surface area contributed by atoms with Crippen LogP contribution in [0.4, 0.5) is 0 Å². The summed E-state index contributed by atoms with van der Waals surface area (Å²) in [5.74, 6) is 4.67. The maximum Gasteiger partial charge on any atom is 0.0622 e. The molecular weight excluding hydrogens is 280 g/mol. The Balaban J connectivity index is 1.56. The first-order valence-electron chi connectivity index (χ1n) is 10.4. The van der Waals surface area contributed by atoms with Gasteiger partial charge in [0.15, 0.2) is 0 Å². The minimum absolute atomic E-state index is 0.373. The molecule has 1 nitrogen and oxygen atoms in total. The summed E-state index contributed by atoms with van der Waals surface area (Å²) in [5, 5.41) is 10.5. The van der Waals surface area contributed by atoms with Gasteiger partial charge in [0.1, 0.15) is 0 Å². The van der Waals surface area contributed by atoms with Crippen LogP contribution >= 0.6 is 0 Å². The molecule has 4 saturated carbocycles. The Morgan fingerprint density at radius 2 is 1.78 bits per heavy atom. The molecule has 4 aliphatic carbocycles. The Bertz CT molecular complexity index is 490. The van der Waals surface area contributed by atoms with Gasteiger partial charge >= 0.3 is 0 Å². The number of fused-ring (bicyclic) bond motifs is 5. The summed E-state index contributed by atoms with van der Waals surface area (Å²) in [6.45, 7) is 6.97. The second-order valence-electron chi connectivity index (χ2n) is 9.81. The molecule has 0 aromatic carbocycles. The molecule has 0 radical (unpaired) electrons. The normalized spacial score (nSPS) is 54.4. The largest absolute Gasteiger partial charge is 0.390 e. The molecule has 0 heterocycles. The molecule has 0 unspecified atom stereocenters. The summed E-state index contributed by atoms with van der Waals surface area (Å²) >= 11 is 0. The van der Waals surface area contributed by atoms with Crippen LogP contribution in [0.5, 0.6) is 0 Å². The summed E-state index contributed by atoms with van der Waals surface area (Å²) in [5.41, 5.74) is 1.96. The number of hydrogen-bond donors (Lipinski definition) is 1. The van der Waals surface area contributed by atoms with E-state index >= 15 is 0 Å². The predicted molar refractivity (Wildman–Crippen MR) is 96.1 cm³/mol. The summed E-state index contributed by atoms with van der Waals surface area (Å²) in [6, 6.07) is 0. The van der Waals surface area contributed by atoms with Gasteiger partial charge in [-0.2, -0.15) is 0 Å². The second kappa shape index (κ2) is 5.61. The lowest BCUT2D eigenvalue weighted by atomic mass is 9.49. The van der Waals surface area contributed by atoms with Crippen LogP contribution in [0.1, 0.15) is 85.0 Å². The van der Waals surface area contributed by atoms with Crippen molar-refractivity contribution < 1.29 is 5.11 Å². The molecule has 0 aromatic rings. The molecule has 130 valence electrons. The Hall–Kier alpha value is -0.300. The van der Waals surface area contributed by atoms with Gasteiger partial charge in [0, 0.05) is 0 Å². The zero-order valence-corrected chi connectivity index (χ0v) is 15.5. The molecule has 0 aromatic heterocycles. The average Bonchev–Trinajstić information content (AvgIpc) is 2.83. The number of allylic oxidation sites excluding steroid dienone is 2. The van der Waals surface area contributed by atoms with Gasteiger partial charge < -0.3 is 5.11 Å². The van der Waals surface area contributed by atoms with Crippen molar-refractivity contribution in [2.45, 2.75) is 90.6 Å². The van der Waals surface area contributed by atoms with Gasteiger partial charge in [0.25, 0.3) is 0 Å². The van der Waals surface area contributed by atoms with E-state index in [1.54, 1.807) is 5.57 Å². The molecular formula is C22H36O. The Morgan fingerprint density at radius 1 is 1.00 bits per heavy atom. The minimum atomic E-state index is -0.373. The molecule has 0 amide bonds. The first-order valence-corrected chi connectivity index (χ1v) is 10.4. The van der Waals surface area contributed by atoms with E-state index in [0.29, 0.717) is 5.41 Å². The van der Waals surface area contributed by atoms with Crippen LogP contribution in [0.2, 0.25) is 0 Å². The molecule has 4 aliphatic rings. The number of aliphatic hydroxyl groups is 1. The van der Waals surface area contributed by atoms with E-state index in [1.165, 1.54) is 51.4 Å². The van der Waals surface area contributed by atoms with Crippen molar-refractivity contribution in [1.29, 1.82) is 0 Å². The molecule has 0 bridgehead atoms. The fourth-order valence-corrected chi connectivity index (χ4v) is 7.51. The van der Waals surface area contributed by atoms with Crippen LogP contribution in [0.25, 0.3) is 0 Å². The van der Waals surface area contributed by atoms with Crippen molar-refractivity contribution in [2.24, 2.45) is 35.0 Å². The van der Waals surface area contributed by atoms with Crippen LogP contribution in [-0.2, 0) is 0 Å². The molecule has 4 rings (SSSR count). The third-order valence-corrected chi connectivity index (χ3v) is 8.54. The highest BCUT2D eigenvalue weighted by Crippen LogP contribution is 2.64. The van der Waals surface area contributed by atoms with Gasteiger partial charge in [-0.15, -0.1) is 0 Å². The predicted octanol–water partition coefficient (Wildman–Crippen LogP) is 5.73. The van der Waals surface area contributed by atoms with Crippen molar-refractivity contribution in [3.63, 3.8) is 0 Å². The molecule has 23 heavy (non-hydrogen) atoms. The maximum atomic E-state index is 10.5. The monoisotopic (exact) mass is 316 g/mol. The average molecular weight is 317 g/mol. The summed E-state index contributed by atoms with van der Waals surface area (Å²) in [6.07, 6.45) is 15.7. The smallest absolute Gasteiger partial charge is 0.0622 e. The third kappa shape index (κ3) is 2.53. The lowest BCUT2D eigenvalue weighted by Crippen LogP contribution is -2.49. The first kappa shape index (κ1) is 16.2. The fraction of sp³-hybridized carbons (Fsp3) is 0.909. The van der Waals surface area contributed by atoms with Gasteiger partial charge in [-0.05, 0) is 106 Å². The first-order chi connectivity index (χ1) is 10.9. The lowest BCUT2D eigenvalue weighted by Gasteiger charge is -2.56. The van der Waals surface area contributed by atoms with Crippen LogP contribution in [0.15, 0.2) is 11.6 Å². The molecule has 4 fully saturated rings. The summed E-state index contributed by atoms with van der Waals surface area (Å²) < 4.78 is 0. The van der Waals surface area contributed by atoms with Crippen molar-refractivity contribution in [3.8, 4) is 0 Å². The number of rotatable bonds is 1. The summed E-state index contributed by atoms with van der Waals surface area (Å²) in [7, 11) is 0. The van der Waals surface area contributed by atoms with Gasteiger partial charge in [-0.1, -0.05) is 25.5 Å². The Kier molecular flexibility index (Phi) is 3.95. The fourth-order valence-electron chi connectivity index (χ4n) is 7.51. The van der Waals surface area contributed by atoms with Gasteiger partial charge in [-0.3, -0.25) is 0 Å². The molecule has 0 aliphatic heterocycles. The van der Waals surface area contributed by atoms with Gasteiger partial charge in [0.05, 0.1) is 5.60 Å². The van der Waals surface area contributed by atoms with Gasteiger partial charge in [-0.25, -0.2) is 0 Å². The molecule has 7 atom stereocenters. The Labute approximate surface area is 142 Å². The van der Waals surface area contributed by atoms with E-state index in [0.717, 1.165) is 42.4 Å². The van der Waals surface area contributed by atoms with Crippen LogP contribution in [0.3, 0.4) is 0 Å². The van der Waals surface area contributed by atoms with Crippen LogP contribution in [0, 0.1) is 35.0 Å². The summed E-state index contributed by atoms with van der Waals surface area (Å²) in [4.78, 5) is 0. The highest BCUT2D eigenvalue weighted by atomic mass is 16.3. The van der Waals surface area contributed by atoms with E-state index in [4.69, 9.17) is 0 Å².